The second kappa shape index (κ2) is 7.43. The topological polar surface area (TPSA) is 32.3 Å². The number of carbonyl (C=O) groups excluding carboxylic acids is 1. The fourth-order valence-corrected chi connectivity index (χ4v) is 2.01. The van der Waals surface area contributed by atoms with Gasteiger partial charge in [0.1, 0.15) is 0 Å². The van der Waals surface area contributed by atoms with Crippen molar-refractivity contribution >= 4 is 5.91 Å². The van der Waals surface area contributed by atoms with E-state index in [1.165, 1.54) is 0 Å². The summed E-state index contributed by atoms with van der Waals surface area (Å²) in [5.74, 6) is 7.52. The molecule has 1 fully saturated rings. The van der Waals surface area contributed by atoms with E-state index >= 15 is 0 Å². The van der Waals surface area contributed by atoms with Crippen LogP contribution in [-0.2, 0) is 4.79 Å². The van der Waals surface area contributed by atoms with Crippen molar-refractivity contribution in [3.8, 4) is 11.8 Å². The smallest absolute Gasteiger partial charge is 0.236 e. The number of amides is 1. The summed E-state index contributed by atoms with van der Waals surface area (Å²) in [6.07, 6.45) is 2.20. The highest BCUT2D eigenvalue weighted by Gasteiger charge is 2.22. The third-order valence-corrected chi connectivity index (χ3v) is 3.01. The van der Waals surface area contributed by atoms with Gasteiger partial charge in [-0.3, -0.25) is 4.79 Å². The van der Waals surface area contributed by atoms with E-state index in [-0.39, 0.29) is 5.91 Å². The van der Waals surface area contributed by atoms with Crippen molar-refractivity contribution in [2.75, 3.05) is 19.6 Å². The first-order valence-corrected chi connectivity index (χ1v) is 7.01. The van der Waals surface area contributed by atoms with E-state index < -0.39 is 0 Å². The summed E-state index contributed by atoms with van der Waals surface area (Å²) in [4.78, 5) is 14.0. The van der Waals surface area contributed by atoms with Crippen LogP contribution >= 0.6 is 0 Å². The van der Waals surface area contributed by atoms with Crippen LogP contribution in [0.4, 0.5) is 0 Å². The number of likely N-dealkylation sites (tertiary alicyclic amines) is 1. The van der Waals surface area contributed by atoms with Crippen molar-refractivity contribution in [1.82, 2.24) is 10.2 Å². The predicted octanol–water partition coefficient (Wildman–Crippen LogP) is 1.88. The molecule has 0 bridgehead atoms. The van der Waals surface area contributed by atoms with Crippen molar-refractivity contribution in [1.29, 1.82) is 0 Å². The average Bonchev–Trinajstić information content (AvgIpc) is 2.33. The molecule has 3 heteroatoms. The van der Waals surface area contributed by atoms with Crippen molar-refractivity contribution in [3.63, 3.8) is 0 Å². The van der Waals surface area contributed by atoms with Gasteiger partial charge in [-0.1, -0.05) is 33.6 Å². The number of rotatable bonds is 3. The van der Waals surface area contributed by atoms with Crippen LogP contribution in [0.15, 0.2) is 0 Å². The Labute approximate surface area is 111 Å². The van der Waals surface area contributed by atoms with Gasteiger partial charge >= 0.3 is 0 Å². The summed E-state index contributed by atoms with van der Waals surface area (Å²) in [5.41, 5.74) is 0. The number of hydrogen-bond acceptors (Lipinski definition) is 2. The van der Waals surface area contributed by atoms with Crippen molar-refractivity contribution < 1.29 is 4.79 Å². The zero-order valence-electron chi connectivity index (χ0n) is 12.1. The summed E-state index contributed by atoms with van der Waals surface area (Å²) in [7, 11) is 0. The summed E-state index contributed by atoms with van der Waals surface area (Å²) in [6.45, 7) is 10.5. The highest BCUT2D eigenvalue weighted by molar-refractivity contribution is 5.78. The van der Waals surface area contributed by atoms with Gasteiger partial charge in [-0.05, 0) is 12.8 Å². The second-order valence-corrected chi connectivity index (χ2v) is 5.66. The van der Waals surface area contributed by atoms with Gasteiger partial charge in [-0.2, -0.15) is 0 Å². The van der Waals surface area contributed by atoms with Crippen LogP contribution in [0.3, 0.4) is 0 Å². The average molecular weight is 250 g/mol. The lowest BCUT2D eigenvalue weighted by molar-refractivity contribution is -0.131. The molecule has 1 atom stereocenters. The van der Waals surface area contributed by atoms with Gasteiger partial charge in [0, 0.05) is 31.0 Å². The second-order valence-electron chi connectivity index (χ2n) is 5.66. The van der Waals surface area contributed by atoms with Crippen LogP contribution in [0.1, 0.15) is 40.5 Å². The molecule has 1 aliphatic heterocycles. The van der Waals surface area contributed by atoms with Gasteiger partial charge in [0.2, 0.25) is 5.91 Å². The molecule has 1 unspecified atom stereocenters. The lowest BCUT2D eigenvalue weighted by atomic mass is 9.98. The highest BCUT2D eigenvalue weighted by atomic mass is 16.2. The molecule has 1 saturated heterocycles. The van der Waals surface area contributed by atoms with E-state index in [4.69, 9.17) is 0 Å². The number of piperidine rings is 1. The maximum atomic E-state index is 12.0. The molecule has 1 amide bonds. The van der Waals surface area contributed by atoms with Crippen molar-refractivity contribution in [2.24, 2.45) is 11.8 Å². The zero-order chi connectivity index (χ0) is 13.5. The Bertz CT molecular complexity index is 325. The van der Waals surface area contributed by atoms with E-state index in [1.54, 1.807) is 0 Å². The standard InChI is InChI=1S/C15H26N2O/c1-12(2)7-8-14-6-5-9-17(11-14)15(18)10-16-13(3)4/h12-14,16H,5-6,9-11H2,1-4H3. The Morgan fingerprint density at radius 1 is 1.39 bits per heavy atom. The van der Waals surface area contributed by atoms with Crippen LogP contribution in [-0.4, -0.2) is 36.5 Å². The number of nitrogens with one attached hydrogen (secondary N) is 1. The van der Waals surface area contributed by atoms with E-state index in [0.717, 1.165) is 25.9 Å². The molecule has 0 saturated carbocycles. The highest BCUT2D eigenvalue weighted by Crippen LogP contribution is 2.15. The van der Waals surface area contributed by atoms with E-state index in [1.807, 2.05) is 4.90 Å². The molecule has 102 valence electrons. The van der Waals surface area contributed by atoms with Crippen LogP contribution in [0.5, 0.6) is 0 Å². The molecule has 0 aliphatic carbocycles. The molecule has 1 N–H and O–H groups in total. The first-order chi connectivity index (χ1) is 8.49. The monoisotopic (exact) mass is 250 g/mol. The summed E-state index contributed by atoms with van der Waals surface area (Å²) in [6, 6.07) is 0.357. The lowest BCUT2D eigenvalue weighted by Crippen LogP contribution is -2.44. The molecule has 0 aromatic heterocycles. The largest absolute Gasteiger partial charge is 0.340 e. The fourth-order valence-electron chi connectivity index (χ4n) is 2.01. The van der Waals surface area contributed by atoms with Crippen molar-refractivity contribution in [2.45, 2.75) is 46.6 Å². The predicted molar refractivity (Wildman–Crippen MR) is 75.1 cm³/mol. The molecule has 18 heavy (non-hydrogen) atoms. The van der Waals surface area contributed by atoms with Gasteiger partial charge in [0.15, 0.2) is 0 Å². The minimum absolute atomic E-state index is 0.208. The summed E-state index contributed by atoms with van der Waals surface area (Å²) < 4.78 is 0. The Morgan fingerprint density at radius 2 is 2.11 bits per heavy atom. The molecule has 1 aliphatic rings. The molecular formula is C15H26N2O. The van der Waals surface area contributed by atoms with Crippen molar-refractivity contribution in [3.05, 3.63) is 0 Å². The molecule has 1 rings (SSSR count). The normalized spacial score (nSPS) is 19.9. The van der Waals surface area contributed by atoms with Gasteiger partial charge in [0.25, 0.3) is 0 Å². The van der Waals surface area contributed by atoms with Gasteiger partial charge in [-0.15, -0.1) is 5.92 Å². The molecule has 3 nitrogen and oxygen atoms in total. The number of nitrogens with zero attached hydrogens (tertiary/aromatic N) is 1. The zero-order valence-corrected chi connectivity index (χ0v) is 12.1. The molecule has 0 spiro atoms. The van der Waals surface area contributed by atoms with Crippen LogP contribution in [0.2, 0.25) is 0 Å². The van der Waals surface area contributed by atoms with E-state index in [9.17, 15) is 4.79 Å². The number of hydrogen-bond donors (Lipinski definition) is 1. The van der Waals surface area contributed by atoms with Gasteiger partial charge in [-0.25, -0.2) is 0 Å². The molecule has 0 aromatic rings. The third-order valence-electron chi connectivity index (χ3n) is 3.01. The van der Waals surface area contributed by atoms with Gasteiger partial charge in [0.05, 0.1) is 6.54 Å². The Balaban J connectivity index is 2.44. The molecule has 0 aromatic carbocycles. The first kappa shape index (κ1) is 15.0. The minimum Gasteiger partial charge on any atom is -0.340 e. The summed E-state index contributed by atoms with van der Waals surface area (Å²) >= 11 is 0. The SMILES string of the molecule is CC(C)C#CC1CCCN(C(=O)CNC(C)C)C1. The fraction of sp³-hybridized carbons (Fsp3) is 0.800. The maximum Gasteiger partial charge on any atom is 0.236 e. The van der Waals surface area contributed by atoms with Crippen LogP contribution in [0, 0.1) is 23.7 Å². The Kier molecular flexibility index (Phi) is 6.21. The van der Waals surface area contributed by atoms with Gasteiger partial charge < -0.3 is 10.2 Å². The van der Waals surface area contributed by atoms with E-state index in [2.05, 4.69) is 44.9 Å². The molecule has 0 radical (unpaired) electrons. The first-order valence-electron chi connectivity index (χ1n) is 7.01. The molecule has 1 heterocycles. The summed E-state index contributed by atoms with van der Waals surface area (Å²) in [5, 5.41) is 3.18. The Morgan fingerprint density at radius 3 is 2.72 bits per heavy atom. The minimum atomic E-state index is 0.208. The number of carbonyl (C=O) groups is 1. The van der Waals surface area contributed by atoms with Crippen LogP contribution in [0.25, 0.3) is 0 Å². The Hall–Kier alpha value is -1.01. The van der Waals surface area contributed by atoms with E-state index in [0.29, 0.717) is 24.4 Å². The lowest BCUT2D eigenvalue weighted by Gasteiger charge is -2.30. The third kappa shape index (κ3) is 5.55. The quantitative estimate of drug-likeness (QED) is 0.776. The maximum absolute atomic E-state index is 12.0. The van der Waals surface area contributed by atoms with Crippen LogP contribution < -0.4 is 5.32 Å². The molecular weight excluding hydrogens is 224 g/mol.